The Morgan fingerprint density at radius 2 is 2.00 bits per heavy atom. The fourth-order valence-electron chi connectivity index (χ4n) is 0.617. The van der Waals surface area contributed by atoms with Crippen molar-refractivity contribution in [3.8, 4) is 0 Å². The van der Waals surface area contributed by atoms with Crippen LogP contribution in [-0.2, 0) is 10.3 Å². The van der Waals surface area contributed by atoms with Crippen molar-refractivity contribution < 1.29 is 8.42 Å². The van der Waals surface area contributed by atoms with Crippen LogP contribution in [0.3, 0.4) is 0 Å². The van der Waals surface area contributed by atoms with E-state index in [1.54, 1.807) is 12.2 Å². The monoisotopic (exact) mass is 181 g/mol. The van der Waals surface area contributed by atoms with Crippen LogP contribution in [0.4, 0.5) is 0 Å². The second kappa shape index (κ2) is 5.46. The summed E-state index contributed by atoms with van der Waals surface area (Å²) in [6.07, 6.45) is 7.49. The SMILES string of the molecule is O=S(=O)=C1C=CC=CC1.[K]. The van der Waals surface area contributed by atoms with E-state index in [4.69, 9.17) is 0 Å². The van der Waals surface area contributed by atoms with Gasteiger partial charge in [-0.1, -0.05) is 18.2 Å². The number of rotatable bonds is 0. The van der Waals surface area contributed by atoms with E-state index in [2.05, 4.69) is 0 Å². The predicted molar refractivity (Wildman–Crippen MR) is 42.6 cm³/mol. The topological polar surface area (TPSA) is 34.1 Å². The van der Waals surface area contributed by atoms with Gasteiger partial charge in [-0.2, -0.15) is 8.42 Å². The average molecular weight is 181 g/mol. The van der Waals surface area contributed by atoms with Crippen molar-refractivity contribution in [3.05, 3.63) is 24.3 Å². The van der Waals surface area contributed by atoms with Gasteiger partial charge in [0.2, 0.25) is 10.3 Å². The molecule has 0 amide bonds. The number of hydrogen-bond acceptors (Lipinski definition) is 2. The molecule has 0 atom stereocenters. The zero-order valence-corrected chi connectivity index (χ0v) is 9.68. The molecule has 10 heavy (non-hydrogen) atoms. The van der Waals surface area contributed by atoms with Gasteiger partial charge in [0.25, 0.3) is 0 Å². The molecule has 1 aliphatic rings. The van der Waals surface area contributed by atoms with Gasteiger partial charge in [0.05, 0.1) is 4.86 Å². The van der Waals surface area contributed by atoms with Crippen LogP contribution in [0.5, 0.6) is 0 Å². The van der Waals surface area contributed by atoms with Crippen molar-refractivity contribution in [2.45, 2.75) is 6.42 Å². The van der Waals surface area contributed by atoms with Crippen LogP contribution in [0.25, 0.3) is 0 Å². The molecule has 0 aromatic rings. The standard InChI is InChI=1S/C6H6O2S.K/c7-9(8)6-4-2-1-3-5-6;/h1-4H,5H2;. The molecule has 0 aromatic carbocycles. The third-order valence-electron chi connectivity index (χ3n) is 1.06. The first-order valence-electron chi connectivity index (χ1n) is 2.59. The largest absolute Gasteiger partial charge is 0.217 e. The third kappa shape index (κ3) is 3.27. The maximum absolute atomic E-state index is 10.2. The van der Waals surface area contributed by atoms with Crippen molar-refractivity contribution in [3.63, 3.8) is 0 Å². The summed E-state index contributed by atoms with van der Waals surface area (Å²) < 4.78 is 20.5. The van der Waals surface area contributed by atoms with Crippen LogP contribution >= 0.6 is 0 Å². The summed E-state index contributed by atoms with van der Waals surface area (Å²) in [6, 6.07) is 0. The van der Waals surface area contributed by atoms with Gasteiger partial charge < -0.3 is 0 Å². The van der Waals surface area contributed by atoms with Crippen molar-refractivity contribution in [1.82, 2.24) is 0 Å². The zero-order valence-electron chi connectivity index (χ0n) is 5.74. The molecule has 0 heterocycles. The minimum atomic E-state index is -2.02. The van der Waals surface area contributed by atoms with E-state index < -0.39 is 10.3 Å². The van der Waals surface area contributed by atoms with E-state index in [1.165, 1.54) is 0 Å². The molecular weight excluding hydrogens is 175 g/mol. The quantitative estimate of drug-likeness (QED) is 0.394. The van der Waals surface area contributed by atoms with Gasteiger partial charge in [0.1, 0.15) is 0 Å². The Morgan fingerprint density at radius 3 is 2.30 bits per heavy atom. The van der Waals surface area contributed by atoms with Crippen LogP contribution in [0.15, 0.2) is 24.3 Å². The second-order valence-electron chi connectivity index (χ2n) is 1.69. The Morgan fingerprint density at radius 1 is 1.30 bits per heavy atom. The fourth-order valence-corrected chi connectivity index (χ4v) is 1.04. The molecule has 0 unspecified atom stereocenters. The minimum Gasteiger partial charge on any atom is -0.184 e. The zero-order chi connectivity index (χ0) is 6.69. The Balaban J connectivity index is 0.000000810. The van der Waals surface area contributed by atoms with E-state index in [1.807, 2.05) is 12.2 Å². The molecule has 0 saturated carbocycles. The van der Waals surface area contributed by atoms with Crippen LogP contribution in [0, 0.1) is 0 Å². The molecule has 0 saturated heterocycles. The minimum absolute atomic E-state index is 0. The Hall–Kier alpha value is 0.806. The summed E-state index contributed by atoms with van der Waals surface area (Å²) in [4.78, 5) is 0.456. The molecule has 0 aliphatic heterocycles. The first kappa shape index (κ1) is 10.8. The Labute approximate surface area is 104 Å². The van der Waals surface area contributed by atoms with Gasteiger partial charge in [-0.3, -0.25) is 0 Å². The van der Waals surface area contributed by atoms with Gasteiger partial charge >= 0.3 is 0 Å². The Bertz CT molecular complexity index is 277. The van der Waals surface area contributed by atoms with Crippen molar-refractivity contribution in [2.75, 3.05) is 0 Å². The smallest absolute Gasteiger partial charge is 0.184 e. The van der Waals surface area contributed by atoms with Crippen LogP contribution < -0.4 is 0 Å². The second-order valence-corrected chi connectivity index (χ2v) is 2.69. The molecule has 0 spiro atoms. The van der Waals surface area contributed by atoms with E-state index in [9.17, 15) is 8.42 Å². The maximum atomic E-state index is 10.2. The van der Waals surface area contributed by atoms with E-state index >= 15 is 0 Å². The molecule has 0 bridgehead atoms. The maximum Gasteiger partial charge on any atom is 0.217 e. The third-order valence-corrected chi connectivity index (χ3v) is 1.79. The first-order chi connectivity index (χ1) is 4.30. The Kier molecular flexibility index (Phi) is 5.90. The molecule has 49 valence electrons. The molecule has 0 aromatic heterocycles. The molecule has 0 N–H and O–H groups in total. The molecule has 0 fully saturated rings. The van der Waals surface area contributed by atoms with Crippen molar-refractivity contribution in [1.29, 1.82) is 0 Å². The molecule has 4 heteroatoms. The summed E-state index contributed by atoms with van der Waals surface area (Å²) in [6.45, 7) is 0. The van der Waals surface area contributed by atoms with Gasteiger partial charge in [0, 0.05) is 57.8 Å². The average Bonchev–Trinajstić information content (AvgIpc) is 1.90. The molecule has 2 nitrogen and oxygen atoms in total. The molecular formula is C6H6KO2S. The summed E-state index contributed by atoms with van der Waals surface area (Å²) >= 11 is 0. The van der Waals surface area contributed by atoms with Crippen LogP contribution in [-0.4, -0.2) is 64.7 Å². The molecule has 1 rings (SSSR count). The van der Waals surface area contributed by atoms with E-state index in [0.717, 1.165) is 0 Å². The molecule has 1 aliphatic carbocycles. The summed E-state index contributed by atoms with van der Waals surface area (Å²) in [5.41, 5.74) is 0. The molecule has 1 radical (unpaired) electrons. The summed E-state index contributed by atoms with van der Waals surface area (Å²) in [5.74, 6) is 0. The van der Waals surface area contributed by atoms with Crippen molar-refractivity contribution >= 4 is 66.5 Å². The number of hydrogen-bond donors (Lipinski definition) is 0. The van der Waals surface area contributed by atoms with Crippen LogP contribution in [0.1, 0.15) is 6.42 Å². The van der Waals surface area contributed by atoms with Gasteiger partial charge in [-0.15, -0.1) is 0 Å². The van der Waals surface area contributed by atoms with Crippen LogP contribution in [0.2, 0.25) is 0 Å². The normalized spacial score (nSPS) is 14.6. The summed E-state index contributed by atoms with van der Waals surface area (Å²) in [7, 11) is -2.02. The predicted octanol–water partition coefficient (Wildman–Crippen LogP) is 0.173. The fraction of sp³-hybridized carbons (Fsp3) is 0.167. The van der Waals surface area contributed by atoms with Gasteiger partial charge in [-0.05, 0) is 6.08 Å². The van der Waals surface area contributed by atoms with Crippen molar-refractivity contribution in [2.24, 2.45) is 0 Å². The summed E-state index contributed by atoms with van der Waals surface area (Å²) in [5, 5.41) is 0. The first-order valence-corrected chi connectivity index (χ1v) is 3.66. The number of allylic oxidation sites excluding steroid dienone is 4. The van der Waals surface area contributed by atoms with E-state index in [-0.39, 0.29) is 51.4 Å². The van der Waals surface area contributed by atoms with Gasteiger partial charge in [0.15, 0.2) is 0 Å². The van der Waals surface area contributed by atoms with E-state index in [0.29, 0.717) is 11.3 Å². The van der Waals surface area contributed by atoms with Gasteiger partial charge in [-0.25, -0.2) is 0 Å².